The van der Waals surface area contributed by atoms with Crippen molar-refractivity contribution in [3.8, 4) is 11.6 Å². The standard InChI is InChI=1S/C20H13BrF2N2OS/c21-16-11-27-19-7-12(1-4-15(16)19)9-24-14-3-6-20(25-10-14)26-18-5-2-13(22)8-17(18)23/h1-8,10-11,24H,9H2. The molecule has 2 aromatic carbocycles. The second-order valence-electron chi connectivity index (χ2n) is 5.83. The Kier molecular flexibility index (Phi) is 5.05. The molecule has 4 rings (SSSR count). The van der Waals surface area contributed by atoms with Crippen LogP contribution >= 0.6 is 27.3 Å². The maximum atomic E-state index is 13.6. The maximum Gasteiger partial charge on any atom is 0.219 e. The molecular weight excluding hydrogens is 434 g/mol. The van der Waals surface area contributed by atoms with E-state index in [1.807, 2.05) is 0 Å². The number of anilines is 1. The number of pyridine rings is 1. The summed E-state index contributed by atoms with van der Waals surface area (Å²) >= 11 is 5.24. The van der Waals surface area contributed by atoms with Gasteiger partial charge in [0.25, 0.3) is 0 Å². The number of hydrogen-bond acceptors (Lipinski definition) is 4. The van der Waals surface area contributed by atoms with Crippen molar-refractivity contribution in [1.82, 2.24) is 4.98 Å². The third-order valence-electron chi connectivity index (χ3n) is 3.93. The number of fused-ring (bicyclic) bond motifs is 1. The van der Waals surface area contributed by atoms with Crippen molar-refractivity contribution in [2.75, 3.05) is 5.32 Å². The molecule has 0 saturated carbocycles. The second-order valence-corrected chi connectivity index (χ2v) is 7.60. The van der Waals surface area contributed by atoms with Crippen LogP contribution in [0.1, 0.15) is 5.56 Å². The first-order chi connectivity index (χ1) is 13.1. The van der Waals surface area contributed by atoms with Gasteiger partial charge in [0.05, 0.1) is 11.9 Å². The molecule has 0 aliphatic carbocycles. The Morgan fingerprint density at radius 1 is 1.07 bits per heavy atom. The first-order valence-electron chi connectivity index (χ1n) is 8.07. The van der Waals surface area contributed by atoms with E-state index in [0.29, 0.717) is 6.54 Å². The predicted octanol–water partition coefficient (Wildman–Crippen LogP) is 6.74. The molecule has 0 unspecified atom stereocenters. The zero-order chi connectivity index (χ0) is 18.8. The number of hydrogen-bond donors (Lipinski definition) is 1. The molecular formula is C20H13BrF2N2OS. The fraction of sp³-hybridized carbons (Fsp3) is 0.0500. The van der Waals surface area contributed by atoms with Crippen molar-refractivity contribution in [2.24, 2.45) is 0 Å². The molecule has 2 aromatic heterocycles. The first-order valence-corrected chi connectivity index (χ1v) is 9.74. The highest BCUT2D eigenvalue weighted by atomic mass is 79.9. The Hall–Kier alpha value is -2.51. The molecule has 3 nitrogen and oxygen atoms in total. The summed E-state index contributed by atoms with van der Waals surface area (Å²) in [5.74, 6) is -1.26. The van der Waals surface area contributed by atoms with Crippen LogP contribution in [-0.2, 0) is 6.54 Å². The Bertz CT molecular complexity index is 1100. The smallest absolute Gasteiger partial charge is 0.219 e. The molecule has 27 heavy (non-hydrogen) atoms. The maximum absolute atomic E-state index is 13.6. The van der Waals surface area contributed by atoms with Gasteiger partial charge >= 0.3 is 0 Å². The van der Waals surface area contributed by atoms with Crippen LogP contribution in [0.2, 0.25) is 0 Å². The van der Waals surface area contributed by atoms with Crippen molar-refractivity contribution in [3.63, 3.8) is 0 Å². The predicted molar refractivity (Wildman–Crippen MR) is 108 cm³/mol. The van der Waals surface area contributed by atoms with Gasteiger partial charge in [-0.2, -0.15) is 0 Å². The van der Waals surface area contributed by atoms with Crippen LogP contribution in [0.15, 0.2) is 64.6 Å². The van der Waals surface area contributed by atoms with Gasteiger partial charge in [0, 0.05) is 38.6 Å². The fourth-order valence-corrected chi connectivity index (χ4v) is 4.21. The lowest BCUT2D eigenvalue weighted by Gasteiger charge is -2.09. The second kappa shape index (κ2) is 7.62. The van der Waals surface area contributed by atoms with Crippen molar-refractivity contribution in [1.29, 1.82) is 0 Å². The van der Waals surface area contributed by atoms with E-state index in [2.05, 4.69) is 49.8 Å². The summed E-state index contributed by atoms with van der Waals surface area (Å²) in [6.45, 7) is 0.653. The van der Waals surface area contributed by atoms with E-state index in [1.54, 1.807) is 29.7 Å². The van der Waals surface area contributed by atoms with E-state index in [0.717, 1.165) is 27.9 Å². The molecule has 4 aromatic rings. The van der Waals surface area contributed by atoms with E-state index in [4.69, 9.17) is 4.74 Å². The molecule has 0 fully saturated rings. The fourth-order valence-electron chi connectivity index (χ4n) is 2.57. The van der Waals surface area contributed by atoms with Gasteiger partial charge in [-0.1, -0.05) is 12.1 Å². The van der Waals surface area contributed by atoms with Gasteiger partial charge in [-0.15, -0.1) is 11.3 Å². The van der Waals surface area contributed by atoms with Crippen LogP contribution in [0.3, 0.4) is 0 Å². The van der Waals surface area contributed by atoms with Gasteiger partial charge in [-0.25, -0.2) is 13.8 Å². The van der Waals surface area contributed by atoms with Crippen LogP contribution in [0.4, 0.5) is 14.5 Å². The number of aromatic nitrogens is 1. The molecule has 2 heterocycles. The summed E-state index contributed by atoms with van der Waals surface area (Å²) in [6, 6.07) is 12.9. The molecule has 0 saturated heterocycles. The van der Waals surface area contributed by atoms with Gasteiger partial charge in [-0.3, -0.25) is 0 Å². The molecule has 0 aliphatic rings. The average molecular weight is 447 g/mol. The molecule has 0 amide bonds. The highest BCUT2D eigenvalue weighted by molar-refractivity contribution is 9.10. The van der Waals surface area contributed by atoms with Gasteiger partial charge in [0.1, 0.15) is 5.82 Å². The summed E-state index contributed by atoms with van der Waals surface area (Å²) in [4.78, 5) is 4.15. The lowest BCUT2D eigenvalue weighted by Crippen LogP contribution is -2.00. The van der Waals surface area contributed by atoms with Crippen molar-refractivity contribution < 1.29 is 13.5 Å². The van der Waals surface area contributed by atoms with Crippen LogP contribution in [0.5, 0.6) is 11.6 Å². The van der Waals surface area contributed by atoms with Gasteiger partial charge in [0.15, 0.2) is 11.6 Å². The number of thiophene rings is 1. The van der Waals surface area contributed by atoms with Crippen molar-refractivity contribution in [3.05, 3.63) is 81.8 Å². The Labute approximate surface area is 166 Å². The van der Waals surface area contributed by atoms with Crippen LogP contribution in [-0.4, -0.2) is 4.98 Å². The van der Waals surface area contributed by atoms with Crippen LogP contribution in [0.25, 0.3) is 10.1 Å². The summed E-state index contributed by atoms with van der Waals surface area (Å²) in [5.41, 5.74) is 1.97. The van der Waals surface area contributed by atoms with E-state index < -0.39 is 11.6 Å². The Balaban J connectivity index is 1.41. The third kappa shape index (κ3) is 4.09. The zero-order valence-electron chi connectivity index (χ0n) is 13.9. The zero-order valence-corrected chi connectivity index (χ0v) is 16.3. The van der Waals surface area contributed by atoms with E-state index in [1.165, 1.54) is 16.2 Å². The topological polar surface area (TPSA) is 34.1 Å². The average Bonchev–Trinajstić information content (AvgIpc) is 3.04. The monoisotopic (exact) mass is 446 g/mol. The number of halogens is 3. The minimum atomic E-state index is -0.769. The minimum Gasteiger partial charge on any atom is -0.436 e. The number of benzene rings is 2. The van der Waals surface area contributed by atoms with E-state index in [9.17, 15) is 8.78 Å². The van der Waals surface area contributed by atoms with Gasteiger partial charge in [0.2, 0.25) is 5.88 Å². The summed E-state index contributed by atoms with van der Waals surface area (Å²) in [5, 5.41) is 6.58. The van der Waals surface area contributed by atoms with Crippen molar-refractivity contribution >= 4 is 43.0 Å². The number of ether oxygens (including phenoxy) is 1. The molecule has 0 radical (unpaired) electrons. The summed E-state index contributed by atoms with van der Waals surface area (Å²) in [7, 11) is 0. The van der Waals surface area contributed by atoms with E-state index in [-0.39, 0.29) is 11.6 Å². The van der Waals surface area contributed by atoms with Gasteiger partial charge < -0.3 is 10.1 Å². The molecule has 1 N–H and O–H groups in total. The highest BCUT2D eigenvalue weighted by Crippen LogP contribution is 2.31. The Morgan fingerprint density at radius 2 is 1.96 bits per heavy atom. The highest BCUT2D eigenvalue weighted by Gasteiger charge is 2.07. The lowest BCUT2D eigenvalue weighted by molar-refractivity contribution is 0.424. The normalized spacial score (nSPS) is 10.9. The van der Waals surface area contributed by atoms with Crippen LogP contribution in [0, 0.1) is 11.6 Å². The minimum absolute atomic E-state index is 0.0694. The number of nitrogens with zero attached hydrogens (tertiary/aromatic N) is 1. The van der Waals surface area contributed by atoms with Crippen LogP contribution < -0.4 is 10.1 Å². The summed E-state index contributed by atoms with van der Waals surface area (Å²) < 4.78 is 34.2. The molecule has 0 atom stereocenters. The molecule has 7 heteroatoms. The number of rotatable bonds is 5. The summed E-state index contributed by atoms with van der Waals surface area (Å²) in [6.07, 6.45) is 1.61. The van der Waals surface area contributed by atoms with E-state index >= 15 is 0 Å². The molecule has 0 aliphatic heterocycles. The molecule has 136 valence electrons. The van der Waals surface area contributed by atoms with Crippen molar-refractivity contribution in [2.45, 2.75) is 6.54 Å². The SMILES string of the molecule is Fc1ccc(Oc2ccc(NCc3ccc4c(Br)csc4c3)cn2)c(F)c1. The number of nitrogens with one attached hydrogen (secondary N) is 1. The molecule has 0 bridgehead atoms. The lowest BCUT2D eigenvalue weighted by atomic mass is 10.2. The first kappa shape index (κ1) is 17.9. The molecule has 0 spiro atoms. The Morgan fingerprint density at radius 3 is 2.74 bits per heavy atom. The van der Waals surface area contributed by atoms with Gasteiger partial charge in [-0.05, 0) is 45.8 Å². The largest absolute Gasteiger partial charge is 0.436 e. The third-order valence-corrected chi connectivity index (χ3v) is 5.84. The quantitative estimate of drug-likeness (QED) is 0.368.